The molecule has 1 saturated heterocycles. The standard InChI is InChI=1S/C32H32F6N4O3S/c1-4-22-19(3)46-28(25-6-5-7-27(40-25)42-29(32(36,37)38)23(15-39-42)30(43)44)24(22)16-45-26-9-8-21(14-18(26)2)20-10-12-41(13-11-20)17-31(33,34)35/h5-9,14-15,20H,4,10-13,16-17H2,1-3H3,(H,43,44). The van der Waals surface area contributed by atoms with Gasteiger partial charge in [-0.15, -0.1) is 11.3 Å². The number of carbonyl (C=O) groups is 1. The number of hydrogen-bond donors (Lipinski definition) is 1. The number of aromatic carboxylic acids is 1. The number of rotatable bonds is 9. The predicted octanol–water partition coefficient (Wildman–Crippen LogP) is 8.21. The van der Waals surface area contributed by atoms with E-state index in [4.69, 9.17) is 4.74 Å². The Bertz CT molecular complexity index is 1720. The van der Waals surface area contributed by atoms with Crippen molar-refractivity contribution in [3.8, 4) is 22.1 Å². The van der Waals surface area contributed by atoms with Crippen molar-refractivity contribution in [3.63, 3.8) is 0 Å². The van der Waals surface area contributed by atoms with Crippen LogP contribution in [0, 0.1) is 13.8 Å². The highest BCUT2D eigenvalue weighted by atomic mass is 32.1. The average Bonchev–Trinajstić information content (AvgIpc) is 3.58. The number of aryl methyl sites for hydroxylation is 2. The first-order valence-corrected chi connectivity index (χ1v) is 15.5. The minimum atomic E-state index is -4.98. The normalized spacial score (nSPS) is 15.0. The number of pyridine rings is 1. The molecule has 4 aromatic rings. The molecule has 0 aliphatic carbocycles. The van der Waals surface area contributed by atoms with Gasteiger partial charge in [-0.05, 0) is 87.0 Å². The Morgan fingerprint density at radius 2 is 1.78 bits per heavy atom. The first-order chi connectivity index (χ1) is 21.7. The molecular weight excluding hydrogens is 634 g/mol. The minimum Gasteiger partial charge on any atom is -0.489 e. The number of nitrogens with zero attached hydrogens (tertiary/aromatic N) is 4. The average molecular weight is 667 g/mol. The highest BCUT2D eigenvalue weighted by molar-refractivity contribution is 7.15. The summed E-state index contributed by atoms with van der Waals surface area (Å²) in [5.41, 5.74) is 1.83. The smallest absolute Gasteiger partial charge is 0.434 e. The summed E-state index contributed by atoms with van der Waals surface area (Å²) in [5.74, 6) is -1.12. The monoisotopic (exact) mass is 666 g/mol. The number of benzene rings is 1. The molecule has 46 heavy (non-hydrogen) atoms. The summed E-state index contributed by atoms with van der Waals surface area (Å²) in [6, 6.07) is 10.4. The Morgan fingerprint density at radius 1 is 1.07 bits per heavy atom. The molecule has 0 unspecified atom stereocenters. The van der Waals surface area contributed by atoms with Gasteiger partial charge in [-0.2, -0.15) is 31.4 Å². The van der Waals surface area contributed by atoms with Crippen LogP contribution in [0.3, 0.4) is 0 Å². The third kappa shape index (κ3) is 7.22. The molecule has 0 saturated carbocycles. The lowest BCUT2D eigenvalue weighted by atomic mass is 9.88. The van der Waals surface area contributed by atoms with Crippen LogP contribution in [-0.2, 0) is 19.2 Å². The van der Waals surface area contributed by atoms with Crippen molar-refractivity contribution in [2.45, 2.75) is 64.9 Å². The summed E-state index contributed by atoms with van der Waals surface area (Å²) in [6.07, 6.45) is -6.56. The van der Waals surface area contributed by atoms with Crippen LogP contribution >= 0.6 is 11.3 Å². The van der Waals surface area contributed by atoms with Gasteiger partial charge in [0.05, 0.1) is 23.3 Å². The van der Waals surface area contributed by atoms with Crippen LogP contribution in [-0.4, -0.2) is 56.6 Å². The Kier molecular flexibility index (Phi) is 9.50. The van der Waals surface area contributed by atoms with Crippen molar-refractivity contribution >= 4 is 17.3 Å². The highest BCUT2D eigenvalue weighted by Gasteiger charge is 2.41. The van der Waals surface area contributed by atoms with Gasteiger partial charge in [-0.3, -0.25) is 4.90 Å². The van der Waals surface area contributed by atoms with E-state index >= 15 is 0 Å². The number of carboxylic acids is 1. The van der Waals surface area contributed by atoms with Crippen LogP contribution < -0.4 is 4.74 Å². The third-order valence-corrected chi connectivity index (χ3v) is 9.37. The summed E-state index contributed by atoms with van der Waals surface area (Å²) >= 11 is 1.44. The van der Waals surface area contributed by atoms with Crippen molar-refractivity contribution in [2.75, 3.05) is 19.6 Å². The molecule has 0 amide bonds. The van der Waals surface area contributed by atoms with Gasteiger partial charge in [0, 0.05) is 10.4 Å². The SMILES string of the molecule is CCc1c(C)sc(-c2cccc(-n3ncc(C(=O)O)c3C(F)(F)F)n2)c1COc1ccc(C2CCN(CC(F)(F)F)CC2)cc1C. The van der Waals surface area contributed by atoms with E-state index in [1.807, 2.05) is 39.0 Å². The van der Waals surface area contributed by atoms with Crippen molar-refractivity contribution in [3.05, 3.63) is 81.0 Å². The summed E-state index contributed by atoms with van der Waals surface area (Å²) in [5, 5.41) is 13.0. The van der Waals surface area contributed by atoms with Crippen molar-refractivity contribution < 1.29 is 41.0 Å². The zero-order chi connectivity index (χ0) is 33.4. The molecule has 14 heteroatoms. The highest BCUT2D eigenvalue weighted by Crippen LogP contribution is 2.39. The van der Waals surface area contributed by atoms with Crippen LogP contribution in [0.4, 0.5) is 26.3 Å². The number of ether oxygens (including phenoxy) is 1. The molecule has 1 aliphatic heterocycles. The molecule has 1 aliphatic rings. The molecule has 3 aromatic heterocycles. The van der Waals surface area contributed by atoms with Gasteiger partial charge >= 0.3 is 18.3 Å². The first kappa shape index (κ1) is 33.5. The van der Waals surface area contributed by atoms with E-state index in [0.717, 1.165) is 32.0 Å². The zero-order valence-electron chi connectivity index (χ0n) is 25.3. The van der Waals surface area contributed by atoms with Gasteiger partial charge in [0.25, 0.3) is 0 Å². The second-order valence-electron chi connectivity index (χ2n) is 11.3. The Morgan fingerprint density at radius 3 is 2.39 bits per heavy atom. The predicted molar refractivity (Wildman–Crippen MR) is 161 cm³/mol. The summed E-state index contributed by atoms with van der Waals surface area (Å²) < 4.78 is 86.7. The van der Waals surface area contributed by atoms with Crippen LogP contribution in [0.25, 0.3) is 16.4 Å². The van der Waals surface area contributed by atoms with Crippen molar-refractivity contribution in [1.29, 1.82) is 0 Å². The molecule has 0 atom stereocenters. The van der Waals surface area contributed by atoms with Crippen LogP contribution in [0.2, 0.25) is 0 Å². The van der Waals surface area contributed by atoms with E-state index in [9.17, 15) is 36.2 Å². The van der Waals surface area contributed by atoms with Crippen molar-refractivity contribution in [1.82, 2.24) is 19.7 Å². The van der Waals surface area contributed by atoms with Gasteiger partial charge in [0.15, 0.2) is 11.5 Å². The number of likely N-dealkylation sites (tertiary alicyclic amines) is 1. The van der Waals surface area contributed by atoms with Crippen LogP contribution in [0.15, 0.2) is 42.6 Å². The van der Waals surface area contributed by atoms with E-state index < -0.39 is 36.1 Å². The van der Waals surface area contributed by atoms with E-state index in [-0.39, 0.29) is 18.3 Å². The maximum atomic E-state index is 13.9. The first-order valence-electron chi connectivity index (χ1n) is 14.7. The lowest BCUT2D eigenvalue weighted by Gasteiger charge is -2.32. The number of thiophene rings is 1. The lowest BCUT2D eigenvalue weighted by molar-refractivity contribution is -0.148. The van der Waals surface area contributed by atoms with Gasteiger partial charge in [-0.25, -0.2) is 14.5 Å². The fourth-order valence-corrected chi connectivity index (χ4v) is 7.20. The Balaban J connectivity index is 1.38. The second-order valence-corrected chi connectivity index (χ2v) is 12.5. The molecule has 0 spiro atoms. The molecule has 1 aromatic carbocycles. The fraction of sp³-hybridized carbons (Fsp3) is 0.406. The maximum absolute atomic E-state index is 13.9. The Hall–Kier alpha value is -3.91. The van der Waals surface area contributed by atoms with Crippen molar-refractivity contribution in [2.24, 2.45) is 0 Å². The maximum Gasteiger partial charge on any atom is 0.434 e. The summed E-state index contributed by atoms with van der Waals surface area (Å²) in [6.45, 7) is 5.91. The number of carboxylic acid groups (broad SMARTS) is 1. The number of aromatic nitrogens is 3. The quantitative estimate of drug-likeness (QED) is 0.182. The fourth-order valence-electron chi connectivity index (χ4n) is 5.98. The lowest BCUT2D eigenvalue weighted by Crippen LogP contribution is -2.39. The Labute approximate surface area is 265 Å². The molecule has 1 fully saturated rings. The van der Waals surface area contributed by atoms with E-state index in [1.54, 1.807) is 12.1 Å². The number of hydrogen-bond acceptors (Lipinski definition) is 6. The topological polar surface area (TPSA) is 80.5 Å². The van der Waals surface area contributed by atoms with Gasteiger partial charge in [0.1, 0.15) is 17.9 Å². The molecule has 4 heterocycles. The molecule has 0 radical (unpaired) electrons. The number of alkyl halides is 6. The third-order valence-electron chi connectivity index (χ3n) is 8.16. The molecule has 246 valence electrons. The van der Waals surface area contributed by atoms with E-state index in [1.165, 1.54) is 22.3 Å². The van der Waals surface area contributed by atoms with Gasteiger partial charge < -0.3 is 9.84 Å². The van der Waals surface area contributed by atoms with E-state index in [0.29, 0.717) is 54.7 Å². The zero-order valence-corrected chi connectivity index (χ0v) is 26.1. The summed E-state index contributed by atoms with van der Waals surface area (Å²) in [4.78, 5) is 19.1. The second kappa shape index (κ2) is 13.1. The van der Waals surface area contributed by atoms with Gasteiger partial charge in [-0.1, -0.05) is 25.1 Å². The molecule has 0 bridgehead atoms. The van der Waals surface area contributed by atoms with Gasteiger partial charge in [0.2, 0.25) is 0 Å². The molecule has 1 N–H and O–H groups in total. The molecule has 7 nitrogen and oxygen atoms in total. The largest absolute Gasteiger partial charge is 0.489 e. The minimum absolute atomic E-state index is 0.160. The molecular formula is C32H32F6N4O3S. The van der Waals surface area contributed by atoms with E-state index in [2.05, 4.69) is 10.1 Å². The summed E-state index contributed by atoms with van der Waals surface area (Å²) in [7, 11) is 0. The number of halogens is 6. The van der Waals surface area contributed by atoms with Crippen LogP contribution in [0.5, 0.6) is 5.75 Å². The molecule has 5 rings (SSSR count). The van der Waals surface area contributed by atoms with Crippen LogP contribution in [0.1, 0.15) is 68.9 Å². The number of piperidine rings is 1.